The number of hydrogen-bond acceptors (Lipinski definition) is 5. The van der Waals surface area contributed by atoms with Crippen molar-refractivity contribution >= 4 is 28.4 Å². The molecule has 9 heteroatoms. The third kappa shape index (κ3) is 2.18. The van der Waals surface area contributed by atoms with Crippen LogP contribution in [-0.2, 0) is 7.05 Å². The first kappa shape index (κ1) is 13.7. The molecule has 9 nitrogen and oxygen atoms in total. The van der Waals surface area contributed by atoms with Crippen LogP contribution in [-0.4, -0.2) is 36.9 Å². The number of aromatic nitrogens is 5. The molecule has 22 heavy (non-hydrogen) atoms. The van der Waals surface area contributed by atoms with Crippen LogP contribution in [0.4, 0.5) is 5.69 Å². The van der Waals surface area contributed by atoms with Crippen molar-refractivity contribution in [3.8, 4) is 0 Å². The summed E-state index contributed by atoms with van der Waals surface area (Å²) in [5, 5.41) is 15.5. The lowest BCUT2D eigenvalue weighted by molar-refractivity contribution is 0.0982. The van der Waals surface area contributed by atoms with E-state index in [1.807, 2.05) is 0 Å². The van der Waals surface area contributed by atoms with Gasteiger partial charge >= 0.3 is 0 Å². The standard InChI is InChI=1S/C13H12N6O3/c1-6(20)10-11(17-19(2)13(10)22)12(21)14-7-3-4-8-9(5-7)16-18-15-8/h3-5,17H,1-2H3,(H,14,21)(H,15,16,18). The largest absolute Gasteiger partial charge is 0.321 e. The van der Waals surface area contributed by atoms with Crippen LogP contribution in [0.25, 0.3) is 11.0 Å². The molecule has 0 saturated heterocycles. The normalized spacial score (nSPS) is 10.8. The van der Waals surface area contributed by atoms with E-state index in [1.54, 1.807) is 18.2 Å². The van der Waals surface area contributed by atoms with Gasteiger partial charge in [-0.2, -0.15) is 15.4 Å². The number of nitrogens with one attached hydrogen (secondary N) is 3. The second-order valence-electron chi connectivity index (χ2n) is 4.76. The van der Waals surface area contributed by atoms with Crippen molar-refractivity contribution in [3.63, 3.8) is 0 Å². The van der Waals surface area contributed by atoms with E-state index in [2.05, 4.69) is 25.8 Å². The van der Waals surface area contributed by atoms with E-state index < -0.39 is 17.2 Å². The summed E-state index contributed by atoms with van der Waals surface area (Å²) in [6.45, 7) is 1.24. The van der Waals surface area contributed by atoms with E-state index >= 15 is 0 Å². The Hall–Kier alpha value is -3.23. The number of aromatic amines is 2. The second-order valence-corrected chi connectivity index (χ2v) is 4.76. The van der Waals surface area contributed by atoms with Gasteiger partial charge < -0.3 is 5.32 Å². The fraction of sp³-hybridized carbons (Fsp3) is 0.154. The molecule has 0 fully saturated rings. The van der Waals surface area contributed by atoms with Crippen LogP contribution < -0.4 is 10.9 Å². The number of anilines is 1. The van der Waals surface area contributed by atoms with Crippen LogP contribution >= 0.6 is 0 Å². The van der Waals surface area contributed by atoms with Gasteiger partial charge in [-0.1, -0.05) is 0 Å². The fourth-order valence-corrected chi connectivity index (χ4v) is 2.15. The third-order valence-electron chi connectivity index (χ3n) is 3.20. The Bertz CT molecular complexity index is 948. The first-order chi connectivity index (χ1) is 10.5. The van der Waals surface area contributed by atoms with E-state index in [1.165, 1.54) is 14.0 Å². The topological polar surface area (TPSA) is 126 Å². The van der Waals surface area contributed by atoms with Crippen molar-refractivity contribution in [1.82, 2.24) is 25.2 Å². The molecule has 1 aromatic carbocycles. The van der Waals surface area contributed by atoms with Gasteiger partial charge in [0.2, 0.25) is 0 Å². The van der Waals surface area contributed by atoms with Gasteiger partial charge in [-0.15, -0.1) is 0 Å². The molecule has 3 rings (SSSR count). The second kappa shape index (κ2) is 4.95. The first-order valence-corrected chi connectivity index (χ1v) is 6.39. The predicted molar refractivity (Wildman–Crippen MR) is 77.9 cm³/mol. The van der Waals surface area contributed by atoms with Crippen molar-refractivity contribution in [2.75, 3.05) is 5.32 Å². The first-order valence-electron chi connectivity index (χ1n) is 6.39. The van der Waals surface area contributed by atoms with Crippen LogP contribution in [0.3, 0.4) is 0 Å². The van der Waals surface area contributed by atoms with Gasteiger partial charge in [0.05, 0.1) is 0 Å². The number of carbonyl (C=O) groups is 2. The molecule has 2 heterocycles. The van der Waals surface area contributed by atoms with E-state index in [9.17, 15) is 14.4 Å². The molecule has 2 aromatic heterocycles. The smallest absolute Gasteiger partial charge is 0.277 e. The molecule has 1 amide bonds. The molecule has 3 aromatic rings. The summed E-state index contributed by atoms with van der Waals surface area (Å²) in [6, 6.07) is 4.97. The van der Waals surface area contributed by atoms with Crippen molar-refractivity contribution in [3.05, 3.63) is 39.8 Å². The number of hydrogen-bond donors (Lipinski definition) is 3. The van der Waals surface area contributed by atoms with E-state index in [0.29, 0.717) is 16.7 Å². The van der Waals surface area contributed by atoms with Gasteiger partial charge in [-0.05, 0) is 25.1 Å². The molecule has 112 valence electrons. The zero-order valence-electron chi connectivity index (χ0n) is 11.8. The Labute approximate surface area is 123 Å². The molecule has 3 N–H and O–H groups in total. The van der Waals surface area contributed by atoms with Crippen molar-refractivity contribution in [2.45, 2.75) is 6.92 Å². The Morgan fingerprint density at radius 2 is 1.95 bits per heavy atom. The minimum absolute atomic E-state index is 0.0692. The summed E-state index contributed by atoms with van der Waals surface area (Å²) in [7, 11) is 1.44. The summed E-state index contributed by atoms with van der Waals surface area (Å²) in [6.07, 6.45) is 0. The zero-order chi connectivity index (χ0) is 15.9. The lowest BCUT2D eigenvalue weighted by atomic mass is 10.1. The Morgan fingerprint density at radius 3 is 2.68 bits per heavy atom. The Kier molecular flexibility index (Phi) is 3.09. The van der Waals surface area contributed by atoms with Crippen LogP contribution in [0.5, 0.6) is 0 Å². The summed E-state index contributed by atoms with van der Waals surface area (Å²) < 4.78 is 1.09. The molecule has 0 aliphatic carbocycles. The average molecular weight is 300 g/mol. The summed E-state index contributed by atoms with van der Waals surface area (Å²) in [5.74, 6) is -1.05. The van der Waals surface area contributed by atoms with Crippen LogP contribution in [0.1, 0.15) is 27.8 Å². The quantitative estimate of drug-likeness (QED) is 0.605. The fourth-order valence-electron chi connectivity index (χ4n) is 2.15. The lowest BCUT2D eigenvalue weighted by Crippen LogP contribution is -2.20. The Balaban J connectivity index is 1.96. The zero-order valence-corrected chi connectivity index (χ0v) is 11.8. The summed E-state index contributed by atoms with van der Waals surface area (Å²) in [5.41, 5.74) is 0.958. The van der Waals surface area contributed by atoms with Crippen molar-refractivity contribution in [2.24, 2.45) is 7.05 Å². The molecule has 0 spiro atoms. The maximum absolute atomic E-state index is 12.3. The highest BCUT2D eigenvalue weighted by molar-refractivity contribution is 6.11. The number of benzene rings is 1. The van der Waals surface area contributed by atoms with Crippen LogP contribution in [0.15, 0.2) is 23.0 Å². The van der Waals surface area contributed by atoms with E-state index in [0.717, 1.165) is 4.68 Å². The van der Waals surface area contributed by atoms with Gasteiger partial charge in [0.1, 0.15) is 22.3 Å². The number of amides is 1. The monoisotopic (exact) mass is 300 g/mol. The number of fused-ring (bicyclic) bond motifs is 1. The molecular formula is C13H12N6O3. The van der Waals surface area contributed by atoms with E-state index in [4.69, 9.17) is 0 Å². The predicted octanol–water partition coefficient (Wildman–Crippen LogP) is 0.440. The highest BCUT2D eigenvalue weighted by atomic mass is 16.2. The minimum Gasteiger partial charge on any atom is -0.321 e. The Morgan fingerprint density at radius 1 is 1.23 bits per heavy atom. The van der Waals surface area contributed by atoms with Gasteiger partial charge in [0.25, 0.3) is 11.5 Å². The molecule has 0 aliphatic rings. The molecular weight excluding hydrogens is 288 g/mol. The van der Waals surface area contributed by atoms with Crippen molar-refractivity contribution in [1.29, 1.82) is 0 Å². The SMILES string of the molecule is CC(=O)c1c(C(=O)Nc2ccc3n[nH]nc3c2)[nH]n(C)c1=O. The molecule has 0 bridgehead atoms. The number of aryl methyl sites for hydroxylation is 1. The molecule has 0 radical (unpaired) electrons. The number of Topliss-reactive ketones (excluding diaryl/α,β-unsaturated/α-hetero) is 1. The minimum atomic E-state index is -0.578. The number of H-pyrrole nitrogens is 2. The van der Waals surface area contributed by atoms with Crippen molar-refractivity contribution < 1.29 is 9.59 Å². The van der Waals surface area contributed by atoms with Gasteiger partial charge in [-0.25, -0.2) is 0 Å². The summed E-state index contributed by atoms with van der Waals surface area (Å²) in [4.78, 5) is 35.7. The highest BCUT2D eigenvalue weighted by Crippen LogP contribution is 2.16. The average Bonchev–Trinajstić information content (AvgIpc) is 3.03. The van der Waals surface area contributed by atoms with Gasteiger partial charge in [0.15, 0.2) is 5.78 Å². The molecule has 0 saturated carbocycles. The molecule has 0 aliphatic heterocycles. The molecule has 0 unspecified atom stereocenters. The third-order valence-corrected chi connectivity index (χ3v) is 3.20. The lowest BCUT2D eigenvalue weighted by Gasteiger charge is -2.04. The highest BCUT2D eigenvalue weighted by Gasteiger charge is 2.22. The van der Waals surface area contributed by atoms with Gasteiger partial charge in [-0.3, -0.25) is 24.2 Å². The number of ketones is 1. The maximum atomic E-state index is 12.3. The molecule has 0 atom stereocenters. The summed E-state index contributed by atoms with van der Waals surface area (Å²) >= 11 is 0. The number of carbonyl (C=O) groups excluding carboxylic acids is 2. The maximum Gasteiger partial charge on any atom is 0.277 e. The van der Waals surface area contributed by atoms with E-state index in [-0.39, 0.29) is 11.3 Å². The number of nitrogens with zero attached hydrogens (tertiary/aromatic N) is 3. The van der Waals surface area contributed by atoms with Crippen LogP contribution in [0.2, 0.25) is 0 Å². The number of rotatable bonds is 3. The van der Waals surface area contributed by atoms with Crippen LogP contribution in [0, 0.1) is 0 Å². The van der Waals surface area contributed by atoms with Gasteiger partial charge in [0, 0.05) is 12.7 Å².